The predicted octanol–water partition coefficient (Wildman–Crippen LogP) is 4.37. The molecule has 29 heavy (non-hydrogen) atoms. The number of ether oxygens (including phenoxy) is 2. The maximum Gasteiger partial charge on any atom is 0.241 e. The lowest BCUT2D eigenvalue weighted by atomic mass is 10.0. The van der Waals surface area contributed by atoms with Crippen molar-refractivity contribution in [3.63, 3.8) is 0 Å². The minimum absolute atomic E-state index is 0.272. The van der Waals surface area contributed by atoms with Gasteiger partial charge in [0.05, 0.1) is 19.8 Å². The van der Waals surface area contributed by atoms with E-state index in [9.17, 15) is 4.39 Å². The Morgan fingerprint density at radius 1 is 1.00 bits per heavy atom. The van der Waals surface area contributed by atoms with Crippen molar-refractivity contribution in [1.82, 2.24) is 15.0 Å². The van der Waals surface area contributed by atoms with Crippen LogP contribution in [0.25, 0.3) is 11.4 Å². The van der Waals surface area contributed by atoms with Crippen LogP contribution in [0, 0.1) is 5.82 Å². The van der Waals surface area contributed by atoms with Gasteiger partial charge in [-0.05, 0) is 61.3 Å². The topological polar surface area (TPSA) is 60.6 Å². The Balaban J connectivity index is 1.33. The Hall–Kier alpha value is -2.93. The molecule has 0 spiro atoms. The molecule has 0 amide bonds. The molecule has 6 nitrogen and oxygen atoms in total. The fourth-order valence-electron chi connectivity index (χ4n) is 3.99. The van der Waals surface area contributed by atoms with Gasteiger partial charge in [-0.25, -0.2) is 4.39 Å². The van der Waals surface area contributed by atoms with Crippen molar-refractivity contribution in [2.75, 3.05) is 19.8 Å². The van der Waals surface area contributed by atoms with Gasteiger partial charge in [0, 0.05) is 18.0 Å². The molecule has 0 N–H and O–H groups in total. The largest absolute Gasteiger partial charge is 0.490 e. The number of hydrogen-bond donors (Lipinski definition) is 0. The molecule has 1 saturated heterocycles. The zero-order valence-corrected chi connectivity index (χ0v) is 16.0. The second kappa shape index (κ2) is 7.83. The van der Waals surface area contributed by atoms with Crippen LogP contribution in [0.15, 0.2) is 47.0 Å². The highest BCUT2D eigenvalue weighted by molar-refractivity contribution is 5.53. The van der Waals surface area contributed by atoms with Crippen LogP contribution in [-0.4, -0.2) is 34.8 Å². The highest BCUT2D eigenvalue weighted by atomic mass is 19.1. The average Bonchev–Trinajstić information content (AvgIpc) is 3.33. The summed E-state index contributed by atoms with van der Waals surface area (Å²) in [7, 11) is 0. The molecule has 0 radical (unpaired) electrons. The molecule has 2 aliphatic rings. The first-order valence-corrected chi connectivity index (χ1v) is 9.98. The van der Waals surface area contributed by atoms with E-state index in [1.807, 2.05) is 6.07 Å². The lowest BCUT2D eigenvalue weighted by Crippen LogP contribution is -2.23. The summed E-state index contributed by atoms with van der Waals surface area (Å²) in [5, 5.41) is 4.05. The Morgan fingerprint density at radius 2 is 1.83 bits per heavy atom. The fraction of sp³-hybridized carbons (Fsp3) is 0.364. The molecule has 150 valence electrons. The molecule has 0 unspecified atom stereocenters. The standard InChI is InChI=1S/C22H22FN3O3/c23-17-7-4-15(5-8-17)22-24-21(29-25-22)14-26-10-1-3-18(26)16-6-9-19-20(13-16)28-12-2-11-27-19/h4-9,13,18H,1-3,10-12,14H2/t18-/m1/s1. The third-order valence-electron chi connectivity index (χ3n) is 5.43. The van der Waals surface area contributed by atoms with Crippen molar-refractivity contribution in [3.05, 3.63) is 59.7 Å². The highest BCUT2D eigenvalue weighted by Gasteiger charge is 2.28. The molecule has 3 heterocycles. The normalized spacial score (nSPS) is 19.3. The Kier molecular flexibility index (Phi) is 4.89. The molecule has 5 rings (SSSR count). The van der Waals surface area contributed by atoms with Crippen LogP contribution in [0.4, 0.5) is 4.39 Å². The molecule has 3 aromatic rings. The lowest BCUT2D eigenvalue weighted by Gasteiger charge is -2.23. The molecule has 2 aromatic carbocycles. The minimum Gasteiger partial charge on any atom is -0.490 e. The Bertz CT molecular complexity index is 989. The van der Waals surface area contributed by atoms with Crippen LogP contribution < -0.4 is 9.47 Å². The number of halogens is 1. The van der Waals surface area contributed by atoms with Crippen molar-refractivity contribution in [2.45, 2.75) is 31.8 Å². The van der Waals surface area contributed by atoms with E-state index in [-0.39, 0.29) is 11.9 Å². The van der Waals surface area contributed by atoms with E-state index in [4.69, 9.17) is 14.0 Å². The summed E-state index contributed by atoms with van der Waals surface area (Å²) in [6.07, 6.45) is 3.07. The quantitative estimate of drug-likeness (QED) is 0.654. The maximum atomic E-state index is 13.1. The van der Waals surface area contributed by atoms with Gasteiger partial charge in [-0.15, -0.1) is 0 Å². The smallest absolute Gasteiger partial charge is 0.241 e. The van der Waals surface area contributed by atoms with E-state index in [0.717, 1.165) is 42.9 Å². The molecule has 7 heteroatoms. The van der Waals surface area contributed by atoms with E-state index in [1.54, 1.807) is 12.1 Å². The first-order valence-electron chi connectivity index (χ1n) is 9.98. The third-order valence-corrected chi connectivity index (χ3v) is 5.43. The molecule has 1 atom stereocenters. The van der Waals surface area contributed by atoms with E-state index in [1.165, 1.54) is 17.7 Å². The van der Waals surface area contributed by atoms with E-state index >= 15 is 0 Å². The first-order chi connectivity index (χ1) is 14.3. The Morgan fingerprint density at radius 3 is 2.69 bits per heavy atom. The molecule has 1 fully saturated rings. The molecule has 0 aliphatic carbocycles. The van der Waals surface area contributed by atoms with Crippen LogP contribution >= 0.6 is 0 Å². The van der Waals surface area contributed by atoms with Gasteiger partial charge < -0.3 is 14.0 Å². The van der Waals surface area contributed by atoms with Gasteiger partial charge >= 0.3 is 0 Å². The number of rotatable bonds is 4. The van der Waals surface area contributed by atoms with Crippen molar-refractivity contribution in [2.24, 2.45) is 0 Å². The lowest BCUT2D eigenvalue weighted by molar-refractivity contribution is 0.212. The number of fused-ring (bicyclic) bond motifs is 1. The second-order valence-corrected chi connectivity index (χ2v) is 7.40. The number of hydrogen-bond acceptors (Lipinski definition) is 6. The van der Waals surface area contributed by atoms with E-state index in [2.05, 4.69) is 27.2 Å². The van der Waals surface area contributed by atoms with Crippen molar-refractivity contribution in [3.8, 4) is 22.9 Å². The van der Waals surface area contributed by atoms with Crippen molar-refractivity contribution in [1.29, 1.82) is 0 Å². The van der Waals surface area contributed by atoms with Crippen LogP contribution in [0.2, 0.25) is 0 Å². The van der Waals surface area contributed by atoms with Crippen LogP contribution in [0.5, 0.6) is 11.5 Å². The number of likely N-dealkylation sites (tertiary alicyclic amines) is 1. The first kappa shape index (κ1) is 18.1. The maximum absolute atomic E-state index is 13.1. The number of nitrogens with zero attached hydrogens (tertiary/aromatic N) is 3. The van der Waals surface area contributed by atoms with Crippen LogP contribution in [0.3, 0.4) is 0 Å². The average molecular weight is 395 g/mol. The van der Waals surface area contributed by atoms with Gasteiger partial charge in [-0.2, -0.15) is 4.98 Å². The van der Waals surface area contributed by atoms with Crippen LogP contribution in [0.1, 0.15) is 36.8 Å². The van der Waals surface area contributed by atoms with Crippen molar-refractivity contribution >= 4 is 0 Å². The number of benzene rings is 2. The summed E-state index contributed by atoms with van der Waals surface area (Å²) in [6.45, 7) is 2.91. The second-order valence-electron chi connectivity index (χ2n) is 7.40. The van der Waals surface area contributed by atoms with Gasteiger partial charge in [-0.1, -0.05) is 11.2 Å². The summed E-state index contributed by atoms with van der Waals surface area (Å²) < 4.78 is 30.2. The molecule has 0 saturated carbocycles. The van der Waals surface area contributed by atoms with Crippen molar-refractivity contribution < 1.29 is 18.4 Å². The summed E-state index contributed by atoms with van der Waals surface area (Å²) in [4.78, 5) is 6.85. The zero-order valence-electron chi connectivity index (χ0n) is 16.0. The summed E-state index contributed by atoms with van der Waals surface area (Å²) >= 11 is 0. The van der Waals surface area contributed by atoms with E-state index < -0.39 is 0 Å². The van der Waals surface area contributed by atoms with Gasteiger partial charge in [0.15, 0.2) is 11.5 Å². The SMILES string of the molecule is Fc1ccc(-c2noc(CN3CCC[C@@H]3c3ccc4c(c3)OCCCO4)n2)cc1. The number of aromatic nitrogens is 2. The predicted molar refractivity (Wildman–Crippen MR) is 104 cm³/mol. The molecule has 0 bridgehead atoms. The summed E-state index contributed by atoms with van der Waals surface area (Å²) in [5.74, 6) is 2.39. The van der Waals surface area contributed by atoms with Gasteiger partial charge in [0.25, 0.3) is 0 Å². The Labute approximate surface area is 168 Å². The zero-order chi connectivity index (χ0) is 19.6. The van der Waals surface area contributed by atoms with E-state index in [0.29, 0.717) is 31.5 Å². The van der Waals surface area contributed by atoms with Crippen LogP contribution in [-0.2, 0) is 6.54 Å². The van der Waals surface area contributed by atoms with Gasteiger partial charge in [-0.3, -0.25) is 4.90 Å². The monoisotopic (exact) mass is 395 g/mol. The van der Waals surface area contributed by atoms with Gasteiger partial charge in [0.1, 0.15) is 5.82 Å². The minimum atomic E-state index is -0.285. The van der Waals surface area contributed by atoms with Gasteiger partial charge in [0.2, 0.25) is 11.7 Å². The third kappa shape index (κ3) is 3.82. The molecular formula is C22H22FN3O3. The highest BCUT2D eigenvalue weighted by Crippen LogP contribution is 2.38. The summed E-state index contributed by atoms with van der Waals surface area (Å²) in [6, 6.07) is 12.6. The summed E-state index contributed by atoms with van der Waals surface area (Å²) in [5.41, 5.74) is 1.95. The molecule has 1 aromatic heterocycles. The molecule has 2 aliphatic heterocycles. The molecular weight excluding hydrogens is 373 g/mol. The fourth-order valence-corrected chi connectivity index (χ4v) is 3.99.